The molecule has 1 amide bonds. The average Bonchev–Trinajstić information content (AvgIpc) is 2.86. The minimum atomic E-state index is -1.04. The number of likely N-dealkylation sites (tertiary alicyclic amines) is 1. The van der Waals surface area contributed by atoms with E-state index in [1.54, 1.807) is 11.0 Å². The molecule has 1 heterocycles. The Morgan fingerprint density at radius 1 is 1.45 bits per heavy atom. The van der Waals surface area contributed by atoms with Crippen LogP contribution in [0.4, 0.5) is 0 Å². The highest BCUT2D eigenvalue weighted by atomic mass is 127. The molecule has 0 radical (unpaired) electrons. The van der Waals surface area contributed by atoms with Crippen molar-refractivity contribution in [3.05, 3.63) is 32.9 Å². The van der Waals surface area contributed by atoms with Crippen LogP contribution in [0.5, 0.6) is 0 Å². The van der Waals surface area contributed by atoms with Gasteiger partial charge in [-0.05, 0) is 60.4 Å². The predicted octanol–water partition coefficient (Wildman–Crippen LogP) is 3.07. The van der Waals surface area contributed by atoms with Crippen LogP contribution in [0.15, 0.2) is 18.2 Å². The maximum Gasteiger partial charge on any atom is 0.329 e. The van der Waals surface area contributed by atoms with E-state index in [0.717, 1.165) is 15.6 Å². The Hall–Kier alpha value is -1.11. The summed E-state index contributed by atoms with van der Waals surface area (Å²) in [6.45, 7) is 4.30. The summed E-state index contributed by atoms with van der Waals surface area (Å²) in [5, 5.41) is 9.56. The number of aliphatic carboxylic acids is 1. The summed E-state index contributed by atoms with van der Waals surface area (Å²) in [4.78, 5) is 26.0. The van der Waals surface area contributed by atoms with Gasteiger partial charge in [-0.2, -0.15) is 0 Å². The second kappa shape index (κ2) is 5.71. The molecule has 0 aliphatic carbocycles. The number of carboxylic acids is 1. The van der Waals surface area contributed by atoms with Crippen molar-refractivity contribution in [3.63, 3.8) is 0 Å². The van der Waals surface area contributed by atoms with Crippen molar-refractivity contribution in [1.82, 2.24) is 4.90 Å². The van der Waals surface area contributed by atoms with Crippen LogP contribution in [0.2, 0.25) is 0 Å². The molecule has 20 heavy (non-hydrogen) atoms. The summed E-state index contributed by atoms with van der Waals surface area (Å²) in [5.41, 5.74) is 0.601. The van der Waals surface area contributed by atoms with E-state index in [2.05, 4.69) is 22.6 Å². The highest BCUT2D eigenvalue weighted by Crippen LogP contribution is 2.34. The molecule has 1 fully saturated rings. The Labute approximate surface area is 132 Å². The Balaban J connectivity index is 2.42. The molecule has 1 aliphatic heterocycles. The first-order valence-electron chi connectivity index (χ1n) is 6.74. The maximum absolute atomic E-state index is 12.8. The molecule has 1 aromatic carbocycles. The van der Waals surface area contributed by atoms with Crippen LogP contribution in [0, 0.1) is 10.5 Å². The molecule has 0 saturated carbocycles. The molecule has 108 valence electrons. The Morgan fingerprint density at radius 2 is 2.15 bits per heavy atom. The standard InChI is InChI=1S/C15H18INO3/c1-3-15(14(19)20)8-5-9-17(15)13(18)11-7-4-6-10(2)12(11)16/h4,6-7H,3,5,8-9H2,1-2H3,(H,19,20). The van der Waals surface area contributed by atoms with Crippen molar-refractivity contribution in [2.75, 3.05) is 6.54 Å². The molecule has 1 saturated heterocycles. The van der Waals surface area contributed by atoms with Crippen LogP contribution >= 0.6 is 22.6 Å². The molecule has 2 rings (SSSR count). The summed E-state index contributed by atoms with van der Waals surface area (Å²) >= 11 is 2.15. The number of benzene rings is 1. The van der Waals surface area contributed by atoms with Gasteiger partial charge in [-0.1, -0.05) is 19.1 Å². The first kappa shape index (κ1) is 15.3. The molecule has 0 bridgehead atoms. The maximum atomic E-state index is 12.8. The fraction of sp³-hybridized carbons (Fsp3) is 0.467. The largest absolute Gasteiger partial charge is 0.479 e. The fourth-order valence-electron chi connectivity index (χ4n) is 2.87. The van der Waals surface area contributed by atoms with Crippen molar-refractivity contribution in [1.29, 1.82) is 0 Å². The van der Waals surface area contributed by atoms with Crippen LogP contribution in [-0.2, 0) is 4.79 Å². The molecule has 1 unspecified atom stereocenters. The van der Waals surface area contributed by atoms with E-state index in [1.165, 1.54) is 0 Å². The molecule has 1 aromatic rings. The quantitative estimate of drug-likeness (QED) is 0.812. The van der Waals surface area contributed by atoms with Gasteiger partial charge >= 0.3 is 5.97 Å². The third-order valence-corrected chi connectivity index (χ3v) is 5.57. The van der Waals surface area contributed by atoms with E-state index in [0.29, 0.717) is 24.9 Å². The summed E-state index contributed by atoms with van der Waals surface area (Å²) in [6.07, 6.45) is 1.72. The van der Waals surface area contributed by atoms with Crippen LogP contribution in [-0.4, -0.2) is 34.0 Å². The Kier molecular flexibility index (Phi) is 4.36. The highest BCUT2D eigenvalue weighted by molar-refractivity contribution is 14.1. The molecule has 0 spiro atoms. The number of amides is 1. The van der Waals surface area contributed by atoms with Crippen molar-refractivity contribution >= 4 is 34.5 Å². The minimum Gasteiger partial charge on any atom is -0.479 e. The number of nitrogens with zero attached hydrogens (tertiary/aromatic N) is 1. The summed E-state index contributed by atoms with van der Waals surface area (Å²) in [5.74, 6) is -1.06. The van der Waals surface area contributed by atoms with Crippen molar-refractivity contribution in [2.45, 2.75) is 38.6 Å². The van der Waals surface area contributed by atoms with E-state index >= 15 is 0 Å². The molecule has 4 nitrogen and oxygen atoms in total. The van der Waals surface area contributed by atoms with Gasteiger partial charge in [0.15, 0.2) is 0 Å². The van der Waals surface area contributed by atoms with Gasteiger partial charge in [-0.3, -0.25) is 4.79 Å². The van der Waals surface area contributed by atoms with Gasteiger partial charge in [0.2, 0.25) is 0 Å². The molecule has 1 atom stereocenters. The number of carboxylic acid groups (broad SMARTS) is 1. The molecule has 1 N–H and O–H groups in total. The molecule has 1 aliphatic rings. The molecule has 0 aromatic heterocycles. The fourth-order valence-corrected chi connectivity index (χ4v) is 3.46. The summed E-state index contributed by atoms with van der Waals surface area (Å²) in [7, 11) is 0. The van der Waals surface area contributed by atoms with Crippen LogP contribution in [0.3, 0.4) is 0 Å². The second-order valence-electron chi connectivity index (χ2n) is 5.19. The zero-order valence-electron chi connectivity index (χ0n) is 11.6. The molecule has 5 heteroatoms. The van der Waals surface area contributed by atoms with Gasteiger partial charge in [0, 0.05) is 10.1 Å². The first-order valence-corrected chi connectivity index (χ1v) is 7.82. The normalized spacial score (nSPS) is 22.1. The van der Waals surface area contributed by atoms with E-state index < -0.39 is 11.5 Å². The third kappa shape index (κ3) is 2.32. The lowest BCUT2D eigenvalue weighted by Crippen LogP contribution is -2.52. The van der Waals surface area contributed by atoms with Crippen LogP contribution in [0.1, 0.15) is 42.1 Å². The summed E-state index contributed by atoms with van der Waals surface area (Å²) < 4.78 is 0.900. The topological polar surface area (TPSA) is 57.6 Å². The zero-order chi connectivity index (χ0) is 14.9. The molecular weight excluding hydrogens is 369 g/mol. The lowest BCUT2D eigenvalue weighted by molar-refractivity contribution is -0.148. The number of halogens is 1. The monoisotopic (exact) mass is 387 g/mol. The van der Waals surface area contributed by atoms with Gasteiger partial charge in [-0.25, -0.2) is 4.79 Å². The second-order valence-corrected chi connectivity index (χ2v) is 6.27. The summed E-state index contributed by atoms with van der Waals surface area (Å²) in [6, 6.07) is 5.57. The van der Waals surface area contributed by atoms with Gasteiger partial charge in [0.05, 0.1) is 5.56 Å². The minimum absolute atomic E-state index is 0.167. The molecular formula is C15H18INO3. The SMILES string of the molecule is CCC1(C(=O)O)CCCN1C(=O)c1cccc(C)c1I. The van der Waals surface area contributed by atoms with E-state index in [4.69, 9.17) is 0 Å². The average molecular weight is 387 g/mol. The lowest BCUT2D eigenvalue weighted by atomic mass is 9.92. The number of hydrogen-bond donors (Lipinski definition) is 1. The van der Waals surface area contributed by atoms with E-state index in [-0.39, 0.29) is 5.91 Å². The third-order valence-electron chi connectivity index (χ3n) is 4.14. The Bertz CT molecular complexity index is 558. The smallest absolute Gasteiger partial charge is 0.329 e. The highest BCUT2D eigenvalue weighted by Gasteiger charge is 2.48. The van der Waals surface area contributed by atoms with Gasteiger partial charge in [-0.15, -0.1) is 0 Å². The predicted molar refractivity (Wildman–Crippen MR) is 84.8 cm³/mol. The zero-order valence-corrected chi connectivity index (χ0v) is 13.8. The number of rotatable bonds is 3. The van der Waals surface area contributed by atoms with E-state index in [1.807, 2.05) is 26.0 Å². The number of carbonyl (C=O) groups is 2. The van der Waals surface area contributed by atoms with Crippen molar-refractivity contribution in [2.24, 2.45) is 0 Å². The van der Waals surface area contributed by atoms with Crippen LogP contribution < -0.4 is 0 Å². The number of aryl methyl sites for hydroxylation is 1. The van der Waals surface area contributed by atoms with Crippen molar-refractivity contribution in [3.8, 4) is 0 Å². The lowest BCUT2D eigenvalue weighted by Gasteiger charge is -2.34. The first-order chi connectivity index (χ1) is 9.44. The number of carbonyl (C=O) groups excluding carboxylic acids is 1. The Morgan fingerprint density at radius 3 is 2.75 bits per heavy atom. The number of hydrogen-bond acceptors (Lipinski definition) is 2. The van der Waals surface area contributed by atoms with Crippen LogP contribution in [0.25, 0.3) is 0 Å². The van der Waals surface area contributed by atoms with Gasteiger partial charge in [0.1, 0.15) is 5.54 Å². The van der Waals surface area contributed by atoms with E-state index in [9.17, 15) is 14.7 Å². The van der Waals surface area contributed by atoms with Crippen molar-refractivity contribution < 1.29 is 14.7 Å². The van der Waals surface area contributed by atoms with Gasteiger partial charge in [0.25, 0.3) is 5.91 Å². The van der Waals surface area contributed by atoms with Gasteiger partial charge < -0.3 is 10.0 Å².